The molecule has 2 aliphatic rings. The first-order valence-corrected chi connectivity index (χ1v) is 9.31. The van der Waals surface area contributed by atoms with Gasteiger partial charge in [0.15, 0.2) is 0 Å². The van der Waals surface area contributed by atoms with E-state index in [0.29, 0.717) is 12.5 Å². The fourth-order valence-electron chi connectivity index (χ4n) is 2.87. The third-order valence-corrected chi connectivity index (χ3v) is 5.31. The highest BCUT2D eigenvalue weighted by molar-refractivity contribution is 7.11. The van der Waals surface area contributed by atoms with Gasteiger partial charge in [-0.15, -0.1) is 11.3 Å². The van der Waals surface area contributed by atoms with Crippen molar-refractivity contribution in [3.8, 4) is 0 Å². The van der Waals surface area contributed by atoms with Crippen molar-refractivity contribution in [1.29, 1.82) is 0 Å². The van der Waals surface area contributed by atoms with E-state index >= 15 is 0 Å². The lowest BCUT2D eigenvalue weighted by Crippen LogP contribution is -2.42. The van der Waals surface area contributed by atoms with Gasteiger partial charge in [0.1, 0.15) is 5.01 Å². The average molecular weight is 338 g/mol. The minimum Gasteiger partial charge on any atom is -0.380 e. The summed E-state index contributed by atoms with van der Waals surface area (Å²) in [6.45, 7) is 7.23. The number of urea groups is 1. The molecule has 6 nitrogen and oxygen atoms in total. The first kappa shape index (κ1) is 16.7. The molecule has 23 heavy (non-hydrogen) atoms. The Bertz CT molecular complexity index is 510. The van der Waals surface area contributed by atoms with E-state index in [2.05, 4.69) is 27.4 Å². The topological polar surface area (TPSA) is 66.5 Å². The minimum absolute atomic E-state index is 0.0697. The number of aryl methyl sites for hydroxylation is 1. The molecule has 0 spiro atoms. The third-order valence-electron chi connectivity index (χ3n) is 4.31. The molecule has 2 amide bonds. The zero-order valence-electron chi connectivity index (χ0n) is 13.7. The molecular formula is C16H26N4O2S. The highest BCUT2D eigenvalue weighted by Crippen LogP contribution is 2.41. The maximum atomic E-state index is 12.2. The fraction of sp³-hybridized carbons (Fsp3) is 0.750. The molecule has 2 fully saturated rings. The number of ether oxygens (including phenoxy) is 1. The van der Waals surface area contributed by atoms with Crippen molar-refractivity contribution in [2.24, 2.45) is 5.92 Å². The largest absolute Gasteiger partial charge is 0.380 e. The van der Waals surface area contributed by atoms with Gasteiger partial charge in [-0.2, -0.15) is 0 Å². The quantitative estimate of drug-likeness (QED) is 0.832. The van der Waals surface area contributed by atoms with Crippen molar-refractivity contribution < 1.29 is 9.53 Å². The van der Waals surface area contributed by atoms with Crippen LogP contribution in [0.3, 0.4) is 0 Å². The Morgan fingerprint density at radius 2 is 2.35 bits per heavy atom. The maximum Gasteiger partial charge on any atom is 0.315 e. The predicted molar refractivity (Wildman–Crippen MR) is 90.7 cm³/mol. The van der Waals surface area contributed by atoms with Gasteiger partial charge < -0.3 is 15.4 Å². The molecule has 128 valence electrons. The lowest BCUT2D eigenvalue weighted by atomic mass is 10.2. The first-order valence-electron chi connectivity index (χ1n) is 8.49. The van der Waals surface area contributed by atoms with Gasteiger partial charge in [0.25, 0.3) is 0 Å². The highest BCUT2D eigenvalue weighted by Gasteiger charge is 2.35. The molecule has 7 heteroatoms. The van der Waals surface area contributed by atoms with Crippen molar-refractivity contribution in [3.63, 3.8) is 0 Å². The molecule has 1 aliphatic carbocycles. The van der Waals surface area contributed by atoms with E-state index in [1.165, 1.54) is 17.7 Å². The van der Waals surface area contributed by atoms with Gasteiger partial charge in [-0.25, -0.2) is 9.78 Å². The van der Waals surface area contributed by atoms with Crippen molar-refractivity contribution in [1.82, 2.24) is 20.5 Å². The van der Waals surface area contributed by atoms with E-state index in [0.717, 1.165) is 44.3 Å². The molecule has 0 bridgehead atoms. The van der Waals surface area contributed by atoms with E-state index in [1.807, 2.05) is 6.20 Å². The number of thiazole rings is 1. The highest BCUT2D eigenvalue weighted by atomic mass is 32.1. The van der Waals surface area contributed by atoms with Gasteiger partial charge in [0, 0.05) is 43.9 Å². The summed E-state index contributed by atoms with van der Waals surface area (Å²) < 4.78 is 5.44. The smallest absolute Gasteiger partial charge is 0.315 e. The Kier molecular flexibility index (Phi) is 5.85. The Morgan fingerprint density at radius 3 is 3.09 bits per heavy atom. The van der Waals surface area contributed by atoms with Gasteiger partial charge in [-0.1, -0.05) is 0 Å². The summed E-state index contributed by atoms with van der Waals surface area (Å²) in [4.78, 5) is 20.2. The molecule has 2 heterocycles. The van der Waals surface area contributed by atoms with Crippen LogP contribution in [0.15, 0.2) is 6.20 Å². The summed E-state index contributed by atoms with van der Waals surface area (Å²) >= 11 is 1.68. The van der Waals surface area contributed by atoms with E-state index < -0.39 is 0 Å². The lowest BCUT2D eigenvalue weighted by molar-refractivity contribution is 0.141. The van der Waals surface area contributed by atoms with E-state index in [1.54, 1.807) is 11.3 Å². The summed E-state index contributed by atoms with van der Waals surface area (Å²) in [7, 11) is 0. The standard InChI is InChI=1S/C16H26N4O2S/c1-12-11-18-15(23-12)14(13-3-4-13)19-16(21)17-5-7-20-6-2-9-22-10-8-20/h11,13-14H,2-10H2,1H3,(H2,17,19,21). The SMILES string of the molecule is Cc1cnc(C(NC(=O)NCCN2CCCOCC2)C2CC2)s1. The van der Waals surface area contributed by atoms with Crippen LogP contribution < -0.4 is 10.6 Å². The molecule has 1 saturated heterocycles. The van der Waals surface area contributed by atoms with Crippen LogP contribution in [0.25, 0.3) is 0 Å². The van der Waals surface area contributed by atoms with Crippen molar-refractivity contribution >= 4 is 17.4 Å². The third kappa shape index (κ3) is 5.16. The van der Waals surface area contributed by atoms with Crippen LogP contribution in [0.2, 0.25) is 0 Å². The van der Waals surface area contributed by atoms with Crippen molar-refractivity contribution in [3.05, 3.63) is 16.1 Å². The number of hydrogen-bond donors (Lipinski definition) is 2. The van der Waals surface area contributed by atoms with E-state index in [4.69, 9.17) is 4.74 Å². The molecule has 1 atom stereocenters. The van der Waals surface area contributed by atoms with Gasteiger partial charge in [-0.05, 0) is 32.1 Å². The minimum atomic E-state index is -0.0826. The molecule has 1 aliphatic heterocycles. The second-order valence-electron chi connectivity index (χ2n) is 6.33. The monoisotopic (exact) mass is 338 g/mol. The Morgan fingerprint density at radius 1 is 1.48 bits per heavy atom. The molecule has 0 radical (unpaired) electrons. The number of nitrogens with one attached hydrogen (secondary N) is 2. The zero-order valence-corrected chi connectivity index (χ0v) is 14.5. The second kappa shape index (κ2) is 8.08. The van der Waals surface area contributed by atoms with Crippen LogP contribution in [0.5, 0.6) is 0 Å². The summed E-state index contributed by atoms with van der Waals surface area (Å²) in [5, 5.41) is 7.13. The van der Waals surface area contributed by atoms with Crippen molar-refractivity contribution in [2.45, 2.75) is 32.2 Å². The van der Waals surface area contributed by atoms with Crippen LogP contribution in [0.1, 0.15) is 35.2 Å². The summed E-state index contributed by atoms with van der Waals surface area (Å²) in [6.07, 6.45) is 5.31. The molecule has 2 N–H and O–H groups in total. The summed E-state index contributed by atoms with van der Waals surface area (Å²) in [6, 6.07) is -0.0129. The molecule has 1 saturated carbocycles. The molecule has 1 aromatic rings. The first-order chi connectivity index (χ1) is 11.2. The van der Waals surface area contributed by atoms with Gasteiger partial charge in [-0.3, -0.25) is 4.90 Å². The number of carbonyl (C=O) groups is 1. The number of amides is 2. The molecule has 0 aromatic carbocycles. The van der Waals surface area contributed by atoms with Crippen LogP contribution in [-0.2, 0) is 4.74 Å². The molecule has 1 aromatic heterocycles. The van der Waals surface area contributed by atoms with Gasteiger partial charge in [0.2, 0.25) is 0 Å². The van der Waals surface area contributed by atoms with E-state index in [-0.39, 0.29) is 12.1 Å². The molecular weight excluding hydrogens is 312 g/mol. The fourth-order valence-corrected chi connectivity index (χ4v) is 3.79. The average Bonchev–Trinajstić information content (AvgIpc) is 3.32. The Labute approximate surface area is 141 Å². The van der Waals surface area contributed by atoms with Gasteiger partial charge >= 0.3 is 6.03 Å². The van der Waals surface area contributed by atoms with Crippen LogP contribution >= 0.6 is 11.3 Å². The van der Waals surface area contributed by atoms with Crippen LogP contribution in [0.4, 0.5) is 4.79 Å². The van der Waals surface area contributed by atoms with Crippen LogP contribution in [0, 0.1) is 12.8 Å². The summed E-state index contributed by atoms with van der Waals surface area (Å²) in [5.74, 6) is 0.550. The summed E-state index contributed by atoms with van der Waals surface area (Å²) in [5.41, 5.74) is 0. The van der Waals surface area contributed by atoms with E-state index in [9.17, 15) is 4.79 Å². The number of carbonyl (C=O) groups excluding carboxylic acids is 1. The second-order valence-corrected chi connectivity index (χ2v) is 7.60. The zero-order chi connectivity index (χ0) is 16.1. The lowest BCUT2D eigenvalue weighted by Gasteiger charge is -2.20. The Balaban J connectivity index is 1.42. The Hall–Kier alpha value is -1.18. The normalized spacial score (nSPS) is 20.7. The number of aromatic nitrogens is 1. The number of hydrogen-bond acceptors (Lipinski definition) is 5. The predicted octanol–water partition coefficient (Wildman–Crippen LogP) is 1.92. The number of rotatable bonds is 6. The van der Waals surface area contributed by atoms with Crippen molar-refractivity contribution in [2.75, 3.05) is 39.4 Å². The maximum absolute atomic E-state index is 12.2. The molecule has 1 unspecified atom stereocenters. The number of nitrogens with zero attached hydrogens (tertiary/aromatic N) is 2. The molecule has 3 rings (SSSR count). The van der Waals surface area contributed by atoms with Gasteiger partial charge in [0.05, 0.1) is 12.6 Å². The van der Waals surface area contributed by atoms with Crippen LogP contribution in [-0.4, -0.2) is 55.3 Å².